The maximum Gasteiger partial charge on any atom is 0.280 e. The van der Waals surface area contributed by atoms with Crippen molar-refractivity contribution in [1.82, 2.24) is 0 Å². The van der Waals surface area contributed by atoms with E-state index in [-0.39, 0.29) is 5.69 Å². The molecule has 1 aliphatic rings. The van der Waals surface area contributed by atoms with Crippen molar-refractivity contribution in [3.8, 4) is 6.07 Å². The third kappa shape index (κ3) is 2.80. The maximum atomic E-state index is 10.7. The Labute approximate surface area is 135 Å². The van der Waals surface area contributed by atoms with Gasteiger partial charge in [-0.05, 0) is 30.7 Å². The van der Waals surface area contributed by atoms with Crippen LogP contribution in [0.2, 0.25) is 0 Å². The van der Waals surface area contributed by atoms with E-state index < -0.39 is 4.92 Å². The molecule has 112 valence electrons. The van der Waals surface area contributed by atoms with E-state index in [1.165, 1.54) is 27.7 Å². The second-order valence-corrected chi connectivity index (χ2v) is 7.39. The summed E-state index contributed by atoms with van der Waals surface area (Å²) >= 11 is 2.85. The maximum absolute atomic E-state index is 10.7. The molecule has 0 saturated heterocycles. The van der Waals surface area contributed by atoms with Crippen LogP contribution in [0, 0.1) is 27.4 Å². The monoisotopic (exact) mass is 331 g/mol. The van der Waals surface area contributed by atoms with Gasteiger partial charge < -0.3 is 0 Å². The Kier molecular flexibility index (Phi) is 4.05. The number of rotatable bonds is 3. The number of thiophene rings is 2. The van der Waals surface area contributed by atoms with Crippen molar-refractivity contribution in [3.63, 3.8) is 0 Å². The van der Waals surface area contributed by atoms with Crippen molar-refractivity contribution in [2.75, 3.05) is 0 Å². The first-order chi connectivity index (χ1) is 10.6. The van der Waals surface area contributed by atoms with E-state index in [0.29, 0.717) is 11.5 Å². The molecule has 7 heteroatoms. The van der Waals surface area contributed by atoms with Crippen LogP contribution in [-0.2, 0) is 12.8 Å². The van der Waals surface area contributed by atoms with Crippen molar-refractivity contribution >= 4 is 39.6 Å². The molecule has 0 spiro atoms. The number of fused-ring (bicyclic) bond motifs is 1. The van der Waals surface area contributed by atoms with Gasteiger partial charge in [-0.3, -0.25) is 10.1 Å². The van der Waals surface area contributed by atoms with Crippen LogP contribution in [0.4, 0.5) is 10.7 Å². The number of aliphatic imine (C=N–C) groups is 1. The summed E-state index contributed by atoms with van der Waals surface area (Å²) < 4.78 is 0. The van der Waals surface area contributed by atoms with E-state index >= 15 is 0 Å². The molecule has 1 aliphatic carbocycles. The van der Waals surface area contributed by atoms with Crippen LogP contribution < -0.4 is 0 Å². The van der Waals surface area contributed by atoms with Crippen LogP contribution in [0.5, 0.6) is 0 Å². The fourth-order valence-corrected chi connectivity index (χ4v) is 4.59. The van der Waals surface area contributed by atoms with Crippen LogP contribution in [0.1, 0.15) is 34.2 Å². The fourth-order valence-electron chi connectivity index (χ4n) is 2.57. The van der Waals surface area contributed by atoms with E-state index in [4.69, 9.17) is 0 Å². The highest BCUT2D eigenvalue weighted by atomic mass is 32.1. The lowest BCUT2D eigenvalue weighted by Gasteiger charge is -2.17. The topological polar surface area (TPSA) is 79.3 Å². The summed E-state index contributed by atoms with van der Waals surface area (Å²) in [5.74, 6) is 0.648. The average molecular weight is 331 g/mol. The summed E-state index contributed by atoms with van der Waals surface area (Å²) in [6, 6.07) is 3.77. The first kappa shape index (κ1) is 14.9. The highest BCUT2D eigenvalue weighted by Gasteiger charge is 2.23. The van der Waals surface area contributed by atoms with Crippen molar-refractivity contribution in [2.45, 2.75) is 26.2 Å². The highest BCUT2D eigenvalue weighted by Crippen LogP contribution is 2.40. The number of nitriles is 1. The van der Waals surface area contributed by atoms with Gasteiger partial charge in [0.25, 0.3) is 5.69 Å². The number of nitro groups is 1. The normalized spacial score (nSPS) is 17.4. The quantitative estimate of drug-likeness (QED) is 0.473. The van der Waals surface area contributed by atoms with E-state index in [2.05, 4.69) is 18.0 Å². The molecule has 5 nitrogen and oxygen atoms in total. The zero-order chi connectivity index (χ0) is 15.7. The number of nitrogens with zero attached hydrogens (tertiary/aromatic N) is 3. The van der Waals surface area contributed by atoms with Crippen molar-refractivity contribution in [2.24, 2.45) is 10.9 Å². The average Bonchev–Trinajstić information content (AvgIpc) is 3.08. The molecule has 2 aromatic heterocycles. The standard InChI is InChI=1S/C15H13N3O2S2/c1-9-2-3-12-13(6-16)15(22-14(12)4-9)17-7-11-5-10(8-21-11)18(19)20/h5,7-9H,2-4H2,1H3/t9-/m0/s1. The van der Waals surface area contributed by atoms with E-state index in [0.717, 1.165) is 34.7 Å². The molecule has 1 atom stereocenters. The van der Waals surface area contributed by atoms with Crippen LogP contribution in [0.3, 0.4) is 0 Å². The third-order valence-corrected chi connectivity index (χ3v) is 5.75. The van der Waals surface area contributed by atoms with Gasteiger partial charge >= 0.3 is 0 Å². The van der Waals surface area contributed by atoms with Gasteiger partial charge in [0, 0.05) is 17.2 Å². The van der Waals surface area contributed by atoms with Gasteiger partial charge in [-0.15, -0.1) is 22.7 Å². The van der Waals surface area contributed by atoms with Gasteiger partial charge in [0.2, 0.25) is 0 Å². The zero-order valence-corrected chi connectivity index (χ0v) is 13.5. The summed E-state index contributed by atoms with van der Waals surface area (Å²) in [5.41, 5.74) is 1.90. The Morgan fingerprint density at radius 1 is 1.59 bits per heavy atom. The molecule has 22 heavy (non-hydrogen) atoms. The lowest BCUT2D eigenvalue weighted by atomic mass is 9.89. The van der Waals surface area contributed by atoms with Crippen LogP contribution in [-0.4, -0.2) is 11.1 Å². The van der Waals surface area contributed by atoms with Gasteiger partial charge in [0.05, 0.1) is 20.7 Å². The lowest BCUT2D eigenvalue weighted by Crippen LogP contribution is -2.09. The Morgan fingerprint density at radius 2 is 2.41 bits per heavy atom. The largest absolute Gasteiger partial charge is 0.280 e. The molecule has 0 unspecified atom stereocenters. The van der Waals surface area contributed by atoms with Gasteiger partial charge in [-0.2, -0.15) is 5.26 Å². The minimum Gasteiger partial charge on any atom is -0.258 e. The second-order valence-electron chi connectivity index (χ2n) is 5.37. The smallest absolute Gasteiger partial charge is 0.258 e. The van der Waals surface area contributed by atoms with E-state index in [1.54, 1.807) is 17.6 Å². The fraction of sp³-hybridized carbons (Fsp3) is 0.333. The molecule has 2 aromatic rings. The molecule has 0 aliphatic heterocycles. The number of hydrogen-bond acceptors (Lipinski definition) is 6. The summed E-state index contributed by atoms with van der Waals surface area (Å²) in [6.07, 6.45) is 4.67. The van der Waals surface area contributed by atoms with Crippen molar-refractivity contribution in [1.29, 1.82) is 5.26 Å². The molecule has 0 fully saturated rings. The summed E-state index contributed by atoms with van der Waals surface area (Å²) in [6.45, 7) is 2.22. The zero-order valence-electron chi connectivity index (χ0n) is 11.9. The van der Waals surface area contributed by atoms with Gasteiger partial charge in [0.1, 0.15) is 11.1 Å². The minimum atomic E-state index is -0.417. The first-order valence-corrected chi connectivity index (χ1v) is 8.59. The van der Waals surface area contributed by atoms with Crippen LogP contribution in [0.25, 0.3) is 0 Å². The molecule has 0 aromatic carbocycles. The molecular weight excluding hydrogens is 318 g/mol. The van der Waals surface area contributed by atoms with Crippen LogP contribution in [0.15, 0.2) is 16.4 Å². The number of hydrogen-bond donors (Lipinski definition) is 0. The molecule has 0 amide bonds. The molecule has 0 saturated carbocycles. The minimum absolute atomic E-state index is 0.0752. The van der Waals surface area contributed by atoms with Gasteiger partial charge in [-0.25, -0.2) is 4.99 Å². The molecule has 2 heterocycles. The van der Waals surface area contributed by atoms with Crippen molar-refractivity contribution in [3.05, 3.63) is 42.4 Å². The summed E-state index contributed by atoms with van der Waals surface area (Å²) in [4.78, 5) is 16.7. The third-order valence-electron chi connectivity index (χ3n) is 3.73. The predicted molar refractivity (Wildman–Crippen MR) is 88.5 cm³/mol. The molecule has 0 N–H and O–H groups in total. The summed E-state index contributed by atoms with van der Waals surface area (Å²) in [5, 5.41) is 22.3. The molecular formula is C15H13N3O2S2. The Morgan fingerprint density at radius 3 is 3.09 bits per heavy atom. The predicted octanol–water partition coefficient (Wildman–Crippen LogP) is 4.46. The lowest BCUT2D eigenvalue weighted by molar-refractivity contribution is -0.384. The highest BCUT2D eigenvalue weighted by molar-refractivity contribution is 7.16. The van der Waals surface area contributed by atoms with Gasteiger partial charge in [0.15, 0.2) is 0 Å². The summed E-state index contributed by atoms with van der Waals surface area (Å²) in [7, 11) is 0. The Hall–Kier alpha value is -2.04. The Bertz CT molecular complexity index is 798. The SMILES string of the molecule is C[C@H]1CCc2c(sc(N=Cc3cc([N+](=O)[O-])cs3)c2C#N)C1. The molecule has 0 bridgehead atoms. The molecule has 0 radical (unpaired) electrons. The van der Waals surface area contributed by atoms with E-state index in [9.17, 15) is 15.4 Å². The van der Waals surface area contributed by atoms with Crippen molar-refractivity contribution < 1.29 is 4.92 Å². The first-order valence-electron chi connectivity index (χ1n) is 6.90. The van der Waals surface area contributed by atoms with Gasteiger partial charge in [-0.1, -0.05) is 6.92 Å². The van der Waals surface area contributed by atoms with Crippen LogP contribution >= 0.6 is 22.7 Å². The second kappa shape index (κ2) is 5.99. The Balaban J connectivity index is 1.90. The van der Waals surface area contributed by atoms with E-state index in [1.807, 2.05) is 0 Å². The molecule has 3 rings (SSSR count).